The number of benzene rings is 1. The van der Waals surface area contributed by atoms with Crippen LogP contribution in [0.2, 0.25) is 0 Å². The molecule has 0 bridgehead atoms. The second-order valence-electron chi connectivity index (χ2n) is 3.36. The molecule has 0 aliphatic rings. The van der Waals surface area contributed by atoms with Crippen molar-refractivity contribution in [2.75, 3.05) is 0 Å². The van der Waals surface area contributed by atoms with Gasteiger partial charge in [0.05, 0.1) is 0 Å². The molecule has 0 radical (unpaired) electrons. The fourth-order valence-electron chi connectivity index (χ4n) is 1.31. The topological polar surface area (TPSA) is 46.5 Å². The number of aromatic hydroxyl groups is 1. The Bertz CT molecular complexity index is 333. The highest BCUT2D eigenvalue weighted by Gasteiger charge is 2.04. The van der Waals surface area contributed by atoms with Crippen molar-refractivity contribution in [3.05, 3.63) is 28.8 Å². The van der Waals surface area contributed by atoms with Crippen molar-refractivity contribution in [2.45, 2.75) is 27.4 Å². The summed E-state index contributed by atoms with van der Waals surface area (Å²) in [6.07, 6.45) is 0. The van der Waals surface area contributed by atoms with E-state index in [0.717, 1.165) is 16.7 Å². The Hall–Kier alpha value is -1.51. The van der Waals surface area contributed by atoms with Crippen LogP contribution in [0.4, 0.5) is 0 Å². The summed E-state index contributed by atoms with van der Waals surface area (Å²) < 4.78 is 4.86. The molecule has 3 nitrogen and oxygen atoms in total. The highest BCUT2D eigenvalue weighted by atomic mass is 16.5. The maximum Gasteiger partial charge on any atom is 0.302 e. The van der Waals surface area contributed by atoms with E-state index in [1.165, 1.54) is 6.92 Å². The van der Waals surface area contributed by atoms with Crippen molar-refractivity contribution in [1.29, 1.82) is 0 Å². The van der Waals surface area contributed by atoms with Gasteiger partial charge in [0.15, 0.2) is 0 Å². The maximum atomic E-state index is 10.6. The van der Waals surface area contributed by atoms with Crippen molar-refractivity contribution in [1.82, 2.24) is 0 Å². The third-order valence-electron chi connectivity index (χ3n) is 1.99. The Morgan fingerprint density at radius 3 is 2.29 bits per heavy atom. The predicted molar refractivity (Wildman–Crippen MR) is 53.1 cm³/mol. The van der Waals surface area contributed by atoms with Gasteiger partial charge in [-0.25, -0.2) is 0 Å². The van der Waals surface area contributed by atoms with Crippen LogP contribution in [0.5, 0.6) is 5.75 Å². The number of phenolic OH excluding ortho intramolecular Hbond substituents is 1. The van der Waals surface area contributed by atoms with Gasteiger partial charge in [0.25, 0.3) is 0 Å². The number of hydrogen-bond donors (Lipinski definition) is 1. The molecule has 0 aromatic heterocycles. The average molecular weight is 194 g/mol. The van der Waals surface area contributed by atoms with Crippen LogP contribution >= 0.6 is 0 Å². The predicted octanol–water partition coefficient (Wildman–Crippen LogP) is 2.07. The summed E-state index contributed by atoms with van der Waals surface area (Å²) in [6.45, 7) is 5.27. The maximum absolute atomic E-state index is 10.6. The third-order valence-corrected chi connectivity index (χ3v) is 1.99. The van der Waals surface area contributed by atoms with Crippen LogP contribution in [0.3, 0.4) is 0 Å². The SMILES string of the molecule is CC(=O)OCc1cc(C)c(O)c(C)c1. The Balaban J connectivity index is 2.84. The first kappa shape index (κ1) is 10.6. The quantitative estimate of drug-likeness (QED) is 0.733. The lowest BCUT2D eigenvalue weighted by Gasteiger charge is -2.07. The van der Waals surface area contributed by atoms with Gasteiger partial charge in [-0.3, -0.25) is 4.79 Å². The standard InChI is InChI=1S/C11H14O3/c1-7-4-10(6-14-9(3)12)5-8(2)11(7)13/h4-5,13H,6H2,1-3H3. The van der Waals surface area contributed by atoms with Crippen LogP contribution in [-0.4, -0.2) is 11.1 Å². The minimum atomic E-state index is -0.298. The largest absolute Gasteiger partial charge is 0.507 e. The molecule has 0 amide bonds. The Kier molecular flexibility index (Phi) is 3.12. The van der Waals surface area contributed by atoms with Crippen molar-refractivity contribution < 1.29 is 14.6 Å². The number of hydrogen-bond acceptors (Lipinski definition) is 3. The molecule has 0 saturated heterocycles. The van der Waals surface area contributed by atoms with Gasteiger partial charge in [-0.15, -0.1) is 0 Å². The smallest absolute Gasteiger partial charge is 0.302 e. The van der Waals surface area contributed by atoms with Crippen LogP contribution in [0.1, 0.15) is 23.6 Å². The first-order valence-corrected chi connectivity index (χ1v) is 4.43. The fourth-order valence-corrected chi connectivity index (χ4v) is 1.31. The molecule has 0 aliphatic carbocycles. The van der Waals surface area contributed by atoms with Gasteiger partial charge in [0.2, 0.25) is 0 Å². The molecule has 14 heavy (non-hydrogen) atoms. The highest BCUT2D eigenvalue weighted by Crippen LogP contribution is 2.23. The normalized spacial score (nSPS) is 9.93. The molecule has 0 atom stereocenters. The van der Waals surface area contributed by atoms with E-state index in [1.54, 1.807) is 0 Å². The second kappa shape index (κ2) is 4.13. The Labute approximate surface area is 83.3 Å². The van der Waals surface area contributed by atoms with Gasteiger partial charge in [0, 0.05) is 6.92 Å². The van der Waals surface area contributed by atoms with Crippen LogP contribution in [-0.2, 0) is 16.1 Å². The molecule has 1 rings (SSSR count). The number of esters is 1. The molecule has 1 N–H and O–H groups in total. The number of ether oxygens (including phenoxy) is 1. The molecule has 0 heterocycles. The molecular weight excluding hydrogens is 180 g/mol. The summed E-state index contributed by atoms with van der Waals surface area (Å²) in [4.78, 5) is 10.6. The highest BCUT2D eigenvalue weighted by molar-refractivity contribution is 5.65. The number of phenols is 1. The summed E-state index contributed by atoms with van der Waals surface area (Å²) in [7, 11) is 0. The van der Waals surface area contributed by atoms with E-state index < -0.39 is 0 Å². The van der Waals surface area contributed by atoms with E-state index in [2.05, 4.69) is 0 Å². The van der Waals surface area contributed by atoms with Crippen LogP contribution in [0, 0.1) is 13.8 Å². The number of aryl methyl sites for hydroxylation is 2. The minimum absolute atomic E-state index is 0.261. The van der Waals surface area contributed by atoms with E-state index in [4.69, 9.17) is 4.74 Å². The molecule has 0 aliphatic heterocycles. The van der Waals surface area contributed by atoms with Crippen LogP contribution in [0.25, 0.3) is 0 Å². The van der Waals surface area contributed by atoms with Crippen LogP contribution < -0.4 is 0 Å². The number of carbonyl (C=O) groups excluding carboxylic acids is 1. The van der Waals surface area contributed by atoms with Gasteiger partial charge < -0.3 is 9.84 Å². The van der Waals surface area contributed by atoms with E-state index >= 15 is 0 Å². The zero-order valence-corrected chi connectivity index (χ0v) is 8.63. The van der Waals surface area contributed by atoms with Crippen molar-refractivity contribution in [3.63, 3.8) is 0 Å². The van der Waals surface area contributed by atoms with E-state index in [1.807, 2.05) is 26.0 Å². The van der Waals surface area contributed by atoms with Gasteiger partial charge in [-0.1, -0.05) is 0 Å². The summed E-state index contributed by atoms with van der Waals surface area (Å²) in [6, 6.07) is 3.62. The van der Waals surface area contributed by atoms with Gasteiger partial charge in [-0.2, -0.15) is 0 Å². The number of rotatable bonds is 2. The van der Waals surface area contributed by atoms with Gasteiger partial charge >= 0.3 is 5.97 Å². The Morgan fingerprint density at radius 1 is 1.36 bits per heavy atom. The molecular formula is C11H14O3. The number of carbonyl (C=O) groups is 1. The molecule has 76 valence electrons. The molecule has 0 fully saturated rings. The van der Waals surface area contributed by atoms with E-state index in [9.17, 15) is 9.90 Å². The van der Waals surface area contributed by atoms with Crippen molar-refractivity contribution >= 4 is 5.97 Å². The van der Waals surface area contributed by atoms with Gasteiger partial charge in [0.1, 0.15) is 12.4 Å². The molecule has 0 spiro atoms. The summed E-state index contributed by atoms with van der Waals surface area (Å²) in [5, 5.41) is 9.50. The second-order valence-corrected chi connectivity index (χ2v) is 3.36. The summed E-state index contributed by atoms with van der Waals surface area (Å²) >= 11 is 0. The van der Waals surface area contributed by atoms with Crippen molar-refractivity contribution in [2.24, 2.45) is 0 Å². The lowest BCUT2D eigenvalue weighted by Crippen LogP contribution is -1.99. The molecule has 0 saturated carbocycles. The molecule has 3 heteroatoms. The zero-order valence-electron chi connectivity index (χ0n) is 8.63. The summed E-state index contributed by atoms with van der Waals surface area (Å²) in [5.74, 6) is 0.00459. The zero-order chi connectivity index (χ0) is 10.7. The lowest BCUT2D eigenvalue weighted by atomic mass is 10.1. The lowest BCUT2D eigenvalue weighted by molar-refractivity contribution is -0.142. The molecule has 1 aromatic carbocycles. The van der Waals surface area contributed by atoms with Gasteiger partial charge in [-0.05, 0) is 42.7 Å². The van der Waals surface area contributed by atoms with Crippen LogP contribution in [0.15, 0.2) is 12.1 Å². The first-order chi connectivity index (χ1) is 6.50. The van der Waals surface area contributed by atoms with E-state index in [0.29, 0.717) is 5.75 Å². The third kappa shape index (κ3) is 2.49. The minimum Gasteiger partial charge on any atom is -0.507 e. The molecule has 1 aromatic rings. The van der Waals surface area contributed by atoms with E-state index in [-0.39, 0.29) is 12.6 Å². The molecule has 0 unspecified atom stereocenters. The average Bonchev–Trinajstić information content (AvgIpc) is 2.10. The first-order valence-electron chi connectivity index (χ1n) is 4.43. The monoisotopic (exact) mass is 194 g/mol. The fraction of sp³-hybridized carbons (Fsp3) is 0.364. The van der Waals surface area contributed by atoms with Crippen molar-refractivity contribution in [3.8, 4) is 5.75 Å². The Morgan fingerprint density at radius 2 is 1.86 bits per heavy atom. The summed E-state index contributed by atoms with van der Waals surface area (Å²) in [5.41, 5.74) is 2.49.